The van der Waals surface area contributed by atoms with E-state index < -0.39 is 0 Å². The van der Waals surface area contributed by atoms with Gasteiger partial charge in [-0.15, -0.1) is 0 Å². The number of hydrogen-bond acceptors (Lipinski definition) is 4. The lowest BCUT2D eigenvalue weighted by Gasteiger charge is -2.13. The zero-order valence-corrected chi connectivity index (χ0v) is 13.2. The van der Waals surface area contributed by atoms with Gasteiger partial charge in [-0.25, -0.2) is 0 Å². The second kappa shape index (κ2) is 5.83. The Labute approximate surface area is 129 Å². The number of ether oxygens (including phenoxy) is 2. The summed E-state index contributed by atoms with van der Waals surface area (Å²) >= 11 is 0. The van der Waals surface area contributed by atoms with Crippen molar-refractivity contribution in [3.63, 3.8) is 0 Å². The smallest absolute Gasteiger partial charge is 0.163 e. The molecule has 0 saturated heterocycles. The highest BCUT2D eigenvalue weighted by Crippen LogP contribution is 2.35. The SMILES string of the molecule is COc1ccc(-c2nn3c(c2C(C)=O)CCCC3)cc1OC. The summed E-state index contributed by atoms with van der Waals surface area (Å²) in [5.41, 5.74) is 3.42. The van der Waals surface area contributed by atoms with Gasteiger partial charge in [0.25, 0.3) is 0 Å². The quantitative estimate of drug-likeness (QED) is 0.814. The summed E-state index contributed by atoms with van der Waals surface area (Å²) in [6.45, 7) is 2.49. The van der Waals surface area contributed by atoms with E-state index in [0.29, 0.717) is 11.5 Å². The van der Waals surface area contributed by atoms with Crippen LogP contribution in [0.15, 0.2) is 18.2 Å². The molecule has 1 aliphatic heterocycles. The Balaban J connectivity index is 2.15. The average molecular weight is 300 g/mol. The van der Waals surface area contributed by atoms with Crippen molar-refractivity contribution in [2.24, 2.45) is 0 Å². The second-order valence-corrected chi connectivity index (χ2v) is 5.48. The number of hydrogen-bond donors (Lipinski definition) is 0. The first-order valence-corrected chi connectivity index (χ1v) is 7.48. The number of fused-ring (bicyclic) bond motifs is 1. The Morgan fingerprint density at radius 2 is 1.95 bits per heavy atom. The fraction of sp³-hybridized carbons (Fsp3) is 0.412. The van der Waals surface area contributed by atoms with Crippen molar-refractivity contribution in [2.45, 2.75) is 32.7 Å². The summed E-state index contributed by atoms with van der Waals surface area (Å²) in [4.78, 5) is 12.1. The van der Waals surface area contributed by atoms with E-state index in [1.165, 1.54) is 0 Å². The predicted molar refractivity (Wildman–Crippen MR) is 83.7 cm³/mol. The number of aryl methyl sites for hydroxylation is 1. The molecule has 0 aliphatic carbocycles. The Morgan fingerprint density at radius 3 is 2.64 bits per heavy atom. The lowest BCUT2D eigenvalue weighted by Crippen LogP contribution is -2.12. The monoisotopic (exact) mass is 300 g/mol. The molecule has 0 atom stereocenters. The van der Waals surface area contributed by atoms with Crippen LogP contribution in [0.3, 0.4) is 0 Å². The van der Waals surface area contributed by atoms with Crippen LogP contribution in [0.2, 0.25) is 0 Å². The molecule has 0 radical (unpaired) electrons. The molecule has 0 spiro atoms. The molecule has 22 heavy (non-hydrogen) atoms. The highest BCUT2D eigenvalue weighted by Gasteiger charge is 2.24. The zero-order chi connectivity index (χ0) is 15.7. The maximum Gasteiger partial charge on any atom is 0.163 e. The van der Waals surface area contributed by atoms with Crippen molar-refractivity contribution >= 4 is 5.78 Å². The number of carbonyl (C=O) groups excluding carboxylic acids is 1. The van der Waals surface area contributed by atoms with E-state index in [2.05, 4.69) is 5.10 Å². The van der Waals surface area contributed by atoms with Gasteiger partial charge < -0.3 is 9.47 Å². The van der Waals surface area contributed by atoms with Crippen LogP contribution in [-0.4, -0.2) is 29.8 Å². The van der Waals surface area contributed by atoms with Gasteiger partial charge in [0, 0.05) is 17.8 Å². The largest absolute Gasteiger partial charge is 0.493 e. The standard InChI is InChI=1S/C17H20N2O3/c1-11(20)16-13-6-4-5-9-19(13)18-17(16)12-7-8-14(21-2)15(10-12)22-3/h7-8,10H,4-6,9H2,1-3H3. The molecule has 116 valence electrons. The van der Waals surface area contributed by atoms with E-state index in [4.69, 9.17) is 9.47 Å². The third-order valence-electron chi connectivity index (χ3n) is 4.10. The van der Waals surface area contributed by atoms with Gasteiger partial charge in [-0.2, -0.15) is 5.10 Å². The maximum atomic E-state index is 12.1. The van der Waals surface area contributed by atoms with E-state index >= 15 is 0 Å². The first kappa shape index (κ1) is 14.6. The lowest BCUT2D eigenvalue weighted by atomic mass is 9.99. The molecule has 1 aliphatic rings. The van der Waals surface area contributed by atoms with Gasteiger partial charge in [-0.1, -0.05) is 0 Å². The summed E-state index contributed by atoms with van der Waals surface area (Å²) < 4.78 is 12.6. The van der Waals surface area contributed by atoms with Crippen LogP contribution in [0.5, 0.6) is 11.5 Å². The number of methoxy groups -OCH3 is 2. The number of rotatable bonds is 4. The van der Waals surface area contributed by atoms with Crippen molar-refractivity contribution in [2.75, 3.05) is 14.2 Å². The summed E-state index contributed by atoms with van der Waals surface area (Å²) in [6.07, 6.45) is 3.13. The third-order valence-corrected chi connectivity index (χ3v) is 4.10. The van der Waals surface area contributed by atoms with Crippen LogP contribution in [0.1, 0.15) is 35.8 Å². The van der Waals surface area contributed by atoms with Crippen molar-refractivity contribution in [3.05, 3.63) is 29.5 Å². The zero-order valence-electron chi connectivity index (χ0n) is 13.2. The molecule has 0 fully saturated rings. The Bertz CT molecular complexity index is 719. The first-order chi connectivity index (χ1) is 10.7. The average Bonchev–Trinajstić information content (AvgIpc) is 2.93. The van der Waals surface area contributed by atoms with Gasteiger partial charge in [-0.3, -0.25) is 9.48 Å². The van der Waals surface area contributed by atoms with Crippen LogP contribution in [-0.2, 0) is 13.0 Å². The molecule has 5 nitrogen and oxygen atoms in total. The fourth-order valence-electron chi connectivity index (χ4n) is 3.05. The minimum absolute atomic E-state index is 0.0629. The van der Waals surface area contributed by atoms with Gasteiger partial charge in [0.1, 0.15) is 5.69 Å². The molecule has 0 unspecified atom stereocenters. The number of aromatic nitrogens is 2. The number of carbonyl (C=O) groups is 1. The van der Waals surface area contributed by atoms with Crippen molar-refractivity contribution in [3.8, 4) is 22.8 Å². The van der Waals surface area contributed by atoms with E-state index in [9.17, 15) is 4.79 Å². The van der Waals surface area contributed by atoms with E-state index in [1.54, 1.807) is 21.1 Å². The Hall–Kier alpha value is -2.30. The molecule has 0 saturated carbocycles. The lowest BCUT2D eigenvalue weighted by molar-refractivity contribution is 0.101. The van der Waals surface area contributed by atoms with E-state index in [0.717, 1.165) is 48.3 Å². The molecular weight excluding hydrogens is 280 g/mol. The van der Waals surface area contributed by atoms with Crippen LogP contribution in [0, 0.1) is 0 Å². The Morgan fingerprint density at radius 1 is 1.18 bits per heavy atom. The minimum Gasteiger partial charge on any atom is -0.493 e. The normalized spacial score (nSPS) is 13.6. The number of ketones is 1. The van der Waals surface area contributed by atoms with Gasteiger partial charge in [-0.05, 0) is 44.4 Å². The molecule has 5 heteroatoms. The van der Waals surface area contributed by atoms with Gasteiger partial charge in [0.2, 0.25) is 0 Å². The van der Waals surface area contributed by atoms with Gasteiger partial charge in [0.05, 0.1) is 19.8 Å². The molecule has 0 N–H and O–H groups in total. The van der Waals surface area contributed by atoms with Crippen molar-refractivity contribution < 1.29 is 14.3 Å². The molecule has 0 amide bonds. The van der Waals surface area contributed by atoms with Crippen molar-refractivity contribution in [1.82, 2.24) is 9.78 Å². The summed E-state index contributed by atoms with van der Waals surface area (Å²) in [7, 11) is 3.21. The van der Waals surface area contributed by atoms with Crippen LogP contribution >= 0.6 is 0 Å². The van der Waals surface area contributed by atoms with E-state index in [1.807, 2.05) is 22.9 Å². The molecule has 3 rings (SSSR count). The van der Waals surface area contributed by atoms with Gasteiger partial charge >= 0.3 is 0 Å². The molecule has 2 aromatic rings. The molecular formula is C17H20N2O3. The number of benzene rings is 1. The summed E-state index contributed by atoms with van der Waals surface area (Å²) in [6, 6.07) is 5.64. The second-order valence-electron chi connectivity index (χ2n) is 5.48. The molecule has 2 heterocycles. The highest BCUT2D eigenvalue weighted by atomic mass is 16.5. The number of Topliss-reactive ketones (excluding diaryl/α,β-unsaturated/α-hetero) is 1. The summed E-state index contributed by atoms with van der Waals surface area (Å²) in [5.74, 6) is 1.37. The van der Waals surface area contributed by atoms with Crippen LogP contribution in [0.4, 0.5) is 0 Å². The van der Waals surface area contributed by atoms with Crippen LogP contribution < -0.4 is 9.47 Å². The van der Waals surface area contributed by atoms with Crippen molar-refractivity contribution in [1.29, 1.82) is 0 Å². The highest BCUT2D eigenvalue weighted by molar-refractivity contribution is 6.01. The maximum absolute atomic E-state index is 12.1. The first-order valence-electron chi connectivity index (χ1n) is 7.48. The topological polar surface area (TPSA) is 53.4 Å². The third kappa shape index (κ3) is 2.36. The molecule has 1 aromatic carbocycles. The minimum atomic E-state index is 0.0629. The van der Waals surface area contributed by atoms with Crippen LogP contribution in [0.25, 0.3) is 11.3 Å². The Kier molecular flexibility index (Phi) is 3.88. The van der Waals surface area contributed by atoms with Gasteiger partial charge in [0.15, 0.2) is 17.3 Å². The van der Waals surface area contributed by atoms with E-state index in [-0.39, 0.29) is 5.78 Å². The molecule has 1 aromatic heterocycles. The molecule has 0 bridgehead atoms. The number of nitrogens with zero attached hydrogens (tertiary/aromatic N) is 2. The predicted octanol–water partition coefficient (Wildman–Crippen LogP) is 3.11. The summed E-state index contributed by atoms with van der Waals surface area (Å²) in [5, 5.41) is 4.67. The fourth-order valence-corrected chi connectivity index (χ4v) is 3.05.